The van der Waals surface area contributed by atoms with Crippen molar-refractivity contribution >= 4 is 5.91 Å². The average Bonchev–Trinajstić information content (AvgIpc) is 2.46. The molecular formula is C19H25NO. The molecule has 21 heavy (non-hydrogen) atoms. The van der Waals surface area contributed by atoms with E-state index in [4.69, 9.17) is 0 Å². The van der Waals surface area contributed by atoms with E-state index in [-0.39, 0.29) is 5.91 Å². The van der Waals surface area contributed by atoms with E-state index < -0.39 is 0 Å². The van der Waals surface area contributed by atoms with Gasteiger partial charge in [-0.05, 0) is 80.8 Å². The van der Waals surface area contributed by atoms with Crippen LogP contribution in [0.3, 0.4) is 0 Å². The van der Waals surface area contributed by atoms with Gasteiger partial charge in [-0.1, -0.05) is 18.2 Å². The predicted molar refractivity (Wildman–Crippen MR) is 84.0 cm³/mol. The number of benzene rings is 1. The Kier molecular flexibility index (Phi) is 3.09. The molecule has 2 nitrogen and oxygen atoms in total. The summed E-state index contributed by atoms with van der Waals surface area (Å²) in [6.07, 6.45) is 8.40. The molecular weight excluding hydrogens is 258 g/mol. The van der Waals surface area contributed by atoms with Crippen LogP contribution in [0.2, 0.25) is 0 Å². The highest BCUT2D eigenvalue weighted by atomic mass is 16.1. The van der Waals surface area contributed by atoms with E-state index in [0.717, 1.165) is 23.3 Å². The van der Waals surface area contributed by atoms with Crippen LogP contribution >= 0.6 is 0 Å². The highest BCUT2D eigenvalue weighted by Crippen LogP contribution is 2.61. The third-order valence-electron chi connectivity index (χ3n) is 6.39. The van der Waals surface area contributed by atoms with Crippen LogP contribution in [0.5, 0.6) is 0 Å². The molecule has 0 unspecified atom stereocenters. The number of carbonyl (C=O) groups excluding carboxylic acids is 1. The first-order chi connectivity index (χ1) is 10.1. The Morgan fingerprint density at radius 1 is 1.05 bits per heavy atom. The molecule has 1 aromatic carbocycles. The van der Waals surface area contributed by atoms with Gasteiger partial charge in [0, 0.05) is 11.6 Å². The Morgan fingerprint density at radius 2 is 1.57 bits per heavy atom. The van der Waals surface area contributed by atoms with Crippen LogP contribution in [-0.4, -0.2) is 11.9 Å². The number of hydrogen-bond donors (Lipinski definition) is 1. The second kappa shape index (κ2) is 4.86. The van der Waals surface area contributed by atoms with E-state index in [1.165, 1.54) is 38.5 Å². The van der Waals surface area contributed by atoms with Crippen LogP contribution in [0.25, 0.3) is 0 Å². The summed E-state index contributed by atoms with van der Waals surface area (Å²) in [5.41, 5.74) is 1.17. The number of rotatable bonds is 3. The molecule has 4 aliphatic carbocycles. The second-order valence-electron chi connectivity index (χ2n) is 7.84. The van der Waals surface area contributed by atoms with Crippen molar-refractivity contribution in [3.05, 3.63) is 35.9 Å². The molecule has 1 atom stereocenters. The van der Waals surface area contributed by atoms with Crippen LogP contribution < -0.4 is 5.32 Å². The molecule has 112 valence electrons. The Morgan fingerprint density at radius 3 is 2.10 bits per heavy atom. The van der Waals surface area contributed by atoms with Gasteiger partial charge in [-0.25, -0.2) is 0 Å². The van der Waals surface area contributed by atoms with Crippen LogP contribution in [-0.2, 0) is 0 Å². The highest BCUT2D eigenvalue weighted by molar-refractivity contribution is 5.94. The Bertz CT molecular complexity index is 500. The fraction of sp³-hybridized carbons (Fsp3) is 0.632. The van der Waals surface area contributed by atoms with Crippen molar-refractivity contribution in [2.75, 3.05) is 0 Å². The predicted octanol–water partition coefficient (Wildman–Crippen LogP) is 4.02. The minimum Gasteiger partial charge on any atom is -0.349 e. The summed E-state index contributed by atoms with van der Waals surface area (Å²) in [5, 5.41) is 3.31. The van der Waals surface area contributed by atoms with Gasteiger partial charge in [0.25, 0.3) is 5.91 Å². The summed E-state index contributed by atoms with van der Waals surface area (Å²) in [5.74, 6) is 2.91. The van der Waals surface area contributed by atoms with E-state index >= 15 is 0 Å². The molecule has 1 amide bonds. The van der Waals surface area contributed by atoms with Gasteiger partial charge in [0.2, 0.25) is 0 Å². The van der Waals surface area contributed by atoms with Crippen LogP contribution in [0.4, 0.5) is 0 Å². The van der Waals surface area contributed by atoms with Gasteiger partial charge in [0.15, 0.2) is 0 Å². The van der Waals surface area contributed by atoms with Gasteiger partial charge in [-0.15, -0.1) is 0 Å². The van der Waals surface area contributed by atoms with Gasteiger partial charge < -0.3 is 5.32 Å². The minimum absolute atomic E-state index is 0.0962. The molecule has 0 radical (unpaired) electrons. The number of hydrogen-bond acceptors (Lipinski definition) is 1. The molecule has 0 aliphatic heterocycles. The van der Waals surface area contributed by atoms with Crippen molar-refractivity contribution in [2.24, 2.45) is 23.2 Å². The lowest BCUT2D eigenvalue weighted by molar-refractivity contribution is -0.0688. The van der Waals surface area contributed by atoms with Crippen molar-refractivity contribution in [1.29, 1.82) is 0 Å². The number of amides is 1. The van der Waals surface area contributed by atoms with E-state index in [1.54, 1.807) is 0 Å². The summed E-state index contributed by atoms with van der Waals surface area (Å²) >= 11 is 0. The van der Waals surface area contributed by atoms with Crippen molar-refractivity contribution in [1.82, 2.24) is 5.32 Å². The quantitative estimate of drug-likeness (QED) is 0.892. The molecule has 1 N–H and O–H groups in total. The minimum atomic E-state index is 0.0962. The lowest BCUT2D eigenvalue weighted by atomic mass is 9.48. The Balaban J connectivity index is 1.50. The molecule has 4 saturated carbocycles. The van der Waals surface area contributed by atoms with Crippen molar-refractivity contribution in [3.8, 4) is 0 Å². The normalized spacial score (nSPS) is 38.2. The fourth-order valence-corrected chi connectivity index (χ4v) is 5.73. The van der Waals surface area contributed by atoms with E-state index in [0.29, 0.717) is 11.5 Å². The molecule has 5 rings (SSSR count). The molecule has 4 bridgehead atoms. The summed E-state index contributed by atoms with van der Waals surface area (Å²) in [4.78, 5) is 12.4. The Labute approximate surface area is 127 Å². The van der Waals surface area contributed by atoms with Gasteiger partial charge in [-0.3, -0.25) is 4.79 Å². The van der Waals surface area contributed by atoms with Crippen LogP contribution in [0.1, 0.15) is 55.8 Å². The van der Waals surface area contributed by atoms with Crippen molar-refractivity contribution in [3.63, 3.8) is 0 Å². The van der Waals surface area contributed by atoms with Crippen molar-refractivity contribution in [2.45, 2.75) is 51.5 Å². The zero-order chi connectivity index (χ0) is 14.4. The molecule has 1 aromatic rings. The first-order valence-corrected chi connectivity index (χ1v) is 8.50. The molecule has 0 saturated heterocycles. The third-order valence-corrected chi connectivity index (χ3v) is 6.39. The number of carbonyl (C=O) groups is 1. The monoisotopic (exact) mass is 283 g/mol. The van der Waals surface area contributed by atoms with Gasteiger partial charge in [-0.2, -0.15) is 0 Å². The maximum atomic E-state index is 12.4. The zero-order valence-corrected chi connectivity index (χ0v) is 12.8. The standard InChI is InChI=1S/C19H25NO/c1-13(20-18(21)17-5-3-2-4-6-17)19-10-14-7-15(11-19)9-16(8-14)12-19/h2-6,13-16H,7-12H2,1H3,(H,20,21)/t13-,14?,15?,16?,19?/m1/s1. The average molecular weight is 283 g/mol. The topological polar surface area (TPSA) is 29.1 Å². The van der Waals surface area contributed by atoms with Crippen LogP contribution in [0, 0.1) is 23.2 Å². The molecule has 0 heterocycles. The summed E-state index contributed by atoms with van der Waals surface area (Å²) in [6, 6.07) is 9.94. The molecule has 0 aromatic heterocycles. The third kappa shape index (κ3) is 2.29. The zero-order valence-electron chi connectivity index (χ0n) is 12.8. The molecule has 4 fully saturated rings. The largest absolute Gasteiger partial charge is 0.349 e. The lowest BCUT2D eigenvalue weighted by Crippen LogP contribution is -2.55. The first kappa shape index (κ1) is 13.4. The smallest absolute Gasteiger partial charge is 0.251 e. The summed E-state index contributed by atoms with van der Waals surface area (Å²) in [6.45, 7) is 2.24. The van der Waals surface area contributed by atoms with E-state index in [2.05, 4.69) is 12.2 Å². The van der Waals surface area contributed by atoms with Crippen molar-refractivity contribution < 1.29 is 4.79 Å². The van der Waals surface area contributed by atoms with Gasteiger partial charge in [0.1, 0.15) is 0 Å². The molecule has 0 spiro atoms. The molecule has 4 aliphatic rings. The fourth-order valence-electron chi connectivity index (χ4n) is 5.73. The van der Waals surface area contributed by atoms with Gasteiger partial charge >= 0.3 is 0 Å². The van der Waals surface area contributed by atoms with E-state index in [1.807, 2.05) is 30.3 Å². The second-order valence-corrected chi connectivity index (χ2v) is 7.84. The lowest BCUT2D eigenvalue weighted by Gasteiger charge is -2.59. The van der Waals surface area contributed by atoms with Gasteiger partial charge in [0.05, 0.1) is 0 Å². The Hall–Kier alpha value is -1.31. The SMILES string of the molecule is C[C@@H](NC(=O)c1ccccc1)C12CC3CC(CC(C3)C1)C2. The highest BCUT2D eigenvalue weighted by Gasteiger charge is 2.53. The summed E-state index contributed by atoms with van der Waals surface area (Å²) in [7, 11) is 0. The maximum absolute atomic E-state index is 12.4. The first-order valence-electron chi connectivity index (χ1n) is 8.50. The summed E-state index contributed by atoms with van der Waals surface area (Å²) < 4.78 is 0. The number of nitrogens with one attached hydrogen (secondary N) is 1. The maximum Gasteiger partial charge on any atom is 0.251 e. The molecule has 2 heteroatoms. The van der Waals surface area contributed by atoms with Crippen LogP contribution in [0.15, 0.2) is 30.3 Å². The van der Waals surface area contributed by atoms with E-state index in [9.17, 15) is 4.79 Å².